The van der Waals surface area contributed by atoms with Crippen LogP contribution < -0.4 is 5.32 Å². The molecule has 3 rings (SSSR count). The van der Waals surface area contributed by atoms with E-state index in [4.69, 9.17) is 0 Å². The Hall–Kier alpha value is -0.910. The average Bonchev–Trinajstić information content (AvgIpc) is 3.08. The highest BCUT2D eigenvalue weighted by Gasteiger charge is 2.35. The smallest absolute Gasteiger partial charge is 0.236 e. The first-order chi connectivity index (χ1) is 10.1. The third kappa shape index (κ3) is 3.65. The predicted octanol–water partition coefficient (Wildman–Crippen LogP) is 1.92. The number of nitrogens with zero attached hydrogens (tertiary/aromatic N) is 2. The van der Waals surface area contributed by atoms with Crippen LogP contribution in [0.5, 0.6) is 0 Å². The molecule has 0 saturated carbocycles. The maximum absolute atomic E-state index is 12.4. The van der Waals surface area contributed by atoms with Crippen molar-refractivity contribution in [2.45, 2.75) is 50.4 Å². The minimum atomic E-state index is 0.219. The van der Waals surface area contributed by atoms with Crippen molar-refractivity contribution in [1.82, 2.24) is 15.1 Å². The van der Waals surface area contributed by atoms with Crippen molar-refractivity contribution in [2.75, 3.05) is 20.6 Å². The van der Waals surface area contributed by atoms with Gasteiger partial charge in [0.25, 0.3) is 0 Å². The van der Waals surface area contributed by atoms with Gasteiger partial charge in [0.2, 0.25) is 5.91 Å². The summed E-state index contributed by atoms with van der Waals surface area (Å²) in [5, 5.41) is 5.72. The summed E-state index contributed by atoms with van der Waals surface area (Å²) in [6.07, 6.45) is 4.99. The molecule has 2 bridgehead atoms. The Balaban J connectivity index is 1.49. The van der Waals surface area contributed by atoms with E-state index in [1.165, 1.54) is 30.6 Å². The number of nitrogens with one attached hydrogen (secondary N) is 1. The molecule has 2 atom stereocenters. The fourth-order valence-corrected chi connectivity index (χ4v) is 4.33. The fraction of sp³-hybridized carbons (Fsp3) is 0.688. The van der Waals surface area contributed by atoms with Crippen LogP contribution in [0.4, 0.5) is 0 Å². The summed E-state index contributed by atoms with van der Waals surface area (Å²) in [5.41, 5.74) is 0. The lowest BCUT2D eigenvalue weighted by atomic mass is 9.98. The number of thiophene rings is 1. The molecule has 2 fully saturated rings. The summed E-state index contributed by atoms with van der Waals surface area (Å²) < 4.78 is 0. The maximum atomic E-state index is 12.4. The zero-order chi connectivity index (χ0) is 14.8. The van der Waals surface area contributed by atoms with Crippen LogP contribution in [0.2, 0.25) is 0 Å². The number of hydrogen-bond acceptors (Lipinski definition) is 4. The first-order valence-corrected chi connectivity index (χ1v) is 8.72. The Kier molecular flexibility index (Phi) is 4.62. The van der Waals surface area contributed by atoms with Crippen molar-refractivity contribution in [3.05, 3.63) is 22.4 Å². The van der Waals surface area contributed by atoms with Gasteiger partial charge in [-0.3, -0.25) is 9.69 Å². The lowest BCUT2D eigenvalue weighted by Gasteiger charge is -2.35. The summed E-state index contributed by atoms with van der Waals surface area (Å²) in [4.78, 5) is 17.7. The molecule has 1 aromatic rings. The molecule has 0 spiro atoms. The molecule has 2 unspecified atom stereocenters. The minimum absolute atomic E-state index is 0.219. The van der Waals surface area contributed by atoms with E-state index >= 15 is 0 Å². The van der Waals surface area contributed by atoms with Crippen LogP contribution in [0.25, 0.3) is 0 Å². The van der Waals surface area contributed by atoms with Crippen LogP contribution in [0.15, 0.2) is 17.5 Å². The standard InChI is InChI=1S/C16H25N3OS/c1-18(14-8-12-5-6-13(9-14)17-12)11-16(20)19(2)10-15-4-3-7-21-15/h3-4,7,12-14,17H,5-6,8-11H2,1-2H3. The molecule has 1 N–H and O–H groups in total. The lowest BCUT2D eigenvalue weighted by Crippen LogP contribution is -2.49. The van der Waals surface area contributed by atoms with E-state index < -0.39 is 0 Å². The van der Waals surface area contributed by atoms with Gasteiger partial charge in [0.1, 0.15) is 0 Å². The molecule has 2 aliphatic rings. The largest absolute Gasteiger partial charge is 0.340 e. The molecule has 21 heavy (non-hydrogen) atoms. The summed E-state index contributed by atoms with van der Waals surface area (Å²) in [7, 11) is 4.01. The second kappa shape index (κ2) is 6.46. The third-order valence-electron chi connectivity index (χ3n) is 4.86. The monoisotopic (exact) mass is 307 g/mol. The van der Waals surface area contributed by atoms with Crippen molar-refractivity contribution in [1.29, 1.82) is 0 Å². The number of amides is 1. The Morgan fingerprint density at radius 1 is 1.33 bits per heavy atom. The molecule has 2 saturated heterocycles. The molecular formula is C16H25N3OS. The van der Waals surface area contributed by atoms with Gasteiger partial charge in [0, 0.05) is 30.1 Å². The topological polar surface area (TPSA) is 35.6 Å². The Labute approximate surface area is 131 Å². The zero-order valence-electron chi connectivity index (χ0n) is 12.9. The summed E-state index contributed by atoms with van der Waals surface area (Å²) in [6, 6.07) is 6.03. The van der Waals surface area contributed by atoms with Gasteiger partial charge >= 0.3 is 0 Å². The van der Waals surface area contributed by atoms with Gasteiger partial charge in [-0.2, -0.15) is 0 Å². The highest BCUT2D eigenvalue weighted by molar-refractivity contribution is 7.09. The van der Waals surface area contributed by atoms with Crippen LogP contribution in [-0.2, 0) is 11.3 Å². The fourth-order valence-electron chi connectivity index (χ4n) is 3.57. The number of likely N-dealkylation sites (N-methyl/N-ethyl adjacent to an activating group) is 2. The van der Waals surface area contributed by atoms with E-state index in [1.54, 1.807) is 11.3 Å². The molecule has 4 nitrogen and oxygen atoms in total. The molecule has 2 aliphatic heterocycles. The van der Waals surface area contributed by atoms with Gasteiger partial charge in [-0.1, -0.05) is 6.07 Å². The Morgan fingerprint density at radius 3 is 2.67 bits per heavy atom. The van der Waals surface area contributed by atoms with Gasteiger partial charge in [0.15, 0.2) is 0 Å². The summed E-state index contributed by atoms with van der Waals surface area (Å²) in [6.45, 7) is 1.26. The number of carbonyl (C=O) groups excluding carboxylic acids is 1. The average molecular weight is 307 g/mol. The van der Waals surface area contributed by atoms with E-state index in [-0.39, 0.29) is 5.91 Å². The van der Waals surface area contributed by atoms with E-state index in [2.05, 4.69) is 28.7 Å². The summed E-state index contributed by atoms with van der Waals surface area (Å²) in [5.74, 6) is 0.219. The first kappa shape index (κ1) is 15.0. The minimum Gasteiger partial charge on any atom is -0.340 e. The van der Waals surface area contributed by atoms with Crippen LogP contribution in [0.3, 0.4) is 0 Å². The van der Waals surface area contributed by atoms with Crippen LogP contribution in [0.1, 0.15) is 30.6 Å². The predicted molar refractivity (Wildman–Crippen MR) is 86.4 cm³/mol. The second-order valence-electron chi connectivity index (χ2n) is 6.51. The molecule has 3 heterocycles. The number of carbonyl (C=O) groups is 1. The van der Waals surface area contributed by atoms with Crippen molar-refractivity contribution >= 4 is 17.2 Å². The lowest BCUT2D eigenvalue weighted by molar-refractivity contribution is -0.132. The molecule has 0 radical (unpaired) electrons. The van der Waals surface area contributed by atoms with Gasteiger partial charge in [-0.05, 0) is 44.2 Å². The quantitative estimate of drug-likeness (QED) is 0.903. The molecule has 0 aliphatic carbocycles. The normalized spacial score (nSPS) is 28.0. The van der Waals surface area contributed by atoms with Crippen LogP contribution in [0, 0.1) is 0 Å². The van der Waals surface area contributed by atoms with Gasteiger partial charge in [0.05, 0.1) is 13.1 Å². The highest BCUT2D eigenvalue weighted by Crippen LogP contribution is 2.29. The second-order valence-corrected chi connectivity index (χ2v) is 7.54. The van der Waals surface area contributed by atoms with Crippen LogP contribution in [-0.4, -0.2) is 54.5 Å². The van der Waals surface area contributed by atoms with Gasteiger partial charge < -0.3 is 10.2 Å². The molecule has 1 aromatic heterocycles. The van der Waals surface area contributed by atoms with E-state index in [1.807, 2.05) is 18.0 Å². The number of piperidine rings is 1. The van der Waals surface area contributed by atoms with E-state index in [9.17, 15) is 4.79 Å². The van der Waals surface area contributed by atoms with Crippen molar-refractivity contribution in [2.24, 2.45) is 0 Å². The highest BCUT2D eigenvalue weighted by atomic mass is 32.1. The van der Waals surface area contributed by atoms with E-state index in [0.29, 0.717) is 24.7 Å². The van der Waals surface area contributed by atoms with Crippen molar-refractivity contribution < 1.29 is 4.79 Å². The summed E-state index contributed by atoms with van der Waals surface area (Å²) >= 11 is 1.71. The third-order valence-corrected chi connectivity index (χ3v) is 5.72. The van der Waals surface area contributed by atoms with Gasteiger partial charge in [-0.25, -0.2) is 0 Å². The maximum Gasteiger partial charge on any atom is 0.236 e. The SMILES string of the molecule is CN(Cc1cccs1)C(=O)CN(C)C1CC2CCC(C1)N2. The van der Waals surface area contributed by atoms with Crippen molar-refractivity contribution in [3.8, 4) is 0 Å². The Bertz CT molecular complexity index is 464. The number of hydrogen-bond donors (Lipinski definition) is 1. The molecule has 0 aromatic carbocycles. The molecule has 116 valence electrons. The van der Waals surface area contributed by atoms with Crippen LogP contribution >= 0.6 is 11.3 Å². The molecule has 5 heteroatoms. The van der Waals surface area contributed by atoms with Crippen molar-refractivity contribution in [3.63, 3.8) is 0 Å². The Morgan fingerprint density at radius 2 is 2.05 bits per heavy atom. The molecule has 1 amide bonds. The van der Waals surface area contributed by atoms with E-state index in [0.717, 1.165) is 6.54 Å². The van der Waals surface area contributed by atoms with Gasteiger partial charge in [-0.15, -0.1) is 11.3 Å². The molecular weight excluding hydrogens is 282 g/mol. The zero-order valence-corrected chi connectivity index (χ0v) is 13.7. The number of rotatable bonds is 5. The first-order valence-electron chi connectivity index (χ1n) is 7.84. The number of fused-ring (bicyclic) bond motifs is 2.